The number of aromatic nitrogens is 2. The molecular weight excluding hydrogens is 400 g/mol. The maximum absolute atomic E-state index is 13.1. The number of hydrogen-bond acceptors (Lipinski definition) is 4. The second kappa shape index (κ2) is 9.30. The van der Waals surface area contributed by atoms with Crippen LogP contribution in [-0.4, -0.2) is 46.8 Å². The molecule has 2 aromatic carbocycles. The molecular formula is C26H28N4O2. The van der Waals surface area contributed by atoms with Gasteiger partial charge in [0.15, 0.2) is 0 Å². The van der Waals surface area contributed by atoms with Crippen molar-refractivity contribution in [1.82, 2.24) is 20.2 Å². The summed E-state index contributed by atoms with van der Waals surface area (Å²) in [6.07, 6.45) is 6.39. The van der Waals surface area contributed by atoms with Crippen LogP contribution in [0.15, 0.2) is 67.1 Å². The van der Waals surface area contributed by atoms with Crippen molar-refractivity contribution < 1.29 is 9.59 Å². The van der Waals surface area contributed by atoms with Crippen molar-refractivity contribution in [2.45, 2.75) is 26.2 Å². The van der Waals surface area contributed by atoms with Crippen LogP contribution in [0, 0.1) is 12.3 Å². The first-order valence-electron chi connectivity index (χ1n) is 11.0. The Morgan fingerprint density at radius 2 is 1.69 bits per heavy atom. The molecule has 0 spiro atoms. The maximum Gasteiger partial charge on any atom is 0.274 e. The molecule has 164 valence electrons. The number of carbonyl (C=O) groups excluding carboxylic acids is 2. The fraction of sp³-hybridized carbons (Fsp3) is 0.308. The van der Waals surface area contributed by atoms with E-state index in [0.29, 0.717) is 38.0 Å². The molecule has 1 aromatic heterocycles. The summed E-state index contributed by atoms with van der Waals surface area (Å²) in [5.74, 6) is -0.104. The van der Waals surface area contributed by atoms with E-state index in [1.54, 1.807) is 18.1 Å². The molecule has 32 heavy (non-hydrogen) atoms. The van der Waals surface area contributed by atoms with Gasteiger partial charge in [-0.15, -0.1) is 0 Å². The number of likely N-dealkylation sites (tertiary alicyclic amines) is 1. The second-order valence-corrected chi connectivity index (χ2v) is 8.39. The van der Waals surface area contributed by atoms with Gasteiger partial charge in [0.05, 0.1) is 11.6 Å². The highest BCUT2D eigenvalue weighted by Gasteiger charge is 2.42. The smallest absolute Gasteiger partial charge is 0.274 e. The van der Waals surface area contributed by atoms with Gasteiger partial charge in [-0.3, -0.25) is 14.6 Å². The molecule has 1 aliphatic heterocycles. The number of piperidine rings is 1. The third-order valence-electron chi connectivity index (χ3n) is 6.48. The van der Waals surface area contributed by atoms with Crippen molar-refractivity contribution in [3.05, 3.63) is 83.9 Å². The highest BCUT2D eigenvalue weighted by molar-refractivity contribution is 5.92. The molecule has 3 aromatic rings. The van der Waals surface area contributed by atoms with E-state index in [0.717, 1.165) is 11.1 Å². The molecule has 0 atom stereocenters. The Labute approximate surface area is 188 Å². The average molecular weight is 429 g/mol. The Balaban J connectivity index is 1.60. The Bertz CT molecular complexity index is 1110. The Kier molecular flexibility index (Phi) is 6.30. The Morgan fingerprint density at radius 1 is 1.00 bits per heavy atom. The zero-order chi connectivity index (χ0) is 22.6. The predicted molar refractivity (Wildman–Crippen MR) is 124 cm³/mol. The van der Waals surface area contributed by atoms with E-state index < -0.39 is 5.41 Å². The molecule has 6 nitrogen and oxygen atoms in total. The topological polar surface area (TPSA) is 75.2 Å². The molecule has 0 radical (unpaired) electrons. The molecule has 2 amide bonds. The van der Waals surface area contributed by atoms with Gasteiger partial charge in [0.1, 0.15) is 5.69 Å². The molecule has 2 heterocycles. The highest BCUT2D eigenvalue weighted by atomic mass is 16.2. The summed E-state index contributed by atoms with van der Waals surface area (Å²) in [4.78, 5) is 35.8. The lowest BCUT2D eigenvalue weighted by Crippen LogP contribution is -2.50. The summed E-state index contributed by atoms with van der Waals surface area (Å²) in [7, 11) is 1.69. The van der Waals surface area contributed by atoms with Crippen molar-refractivity contribution >= 4 is 11.8 Å². The van der Waals surface area contributed by atoms with Crippen molar-refractivity contribution in [3.8, 4) is 11.1 Å². The van der Waals surface area contributed by atoms with Crippen LogP contribution in [0.25, 0.3) is 11.1 Å². The van der Waals surface area contributed by atoms with Gasteiger partial charge in [-0.25, -0.2) is 4.98 Å². The first-order chi connectivity index (χ1) is 15.5. The molecule has 6 heteroatoms. The lowest BCUT2D eigenvalue weighted by atomic mass is 9.72. The summed E-state index contributed by atoms with van der Waals surface area (Å²) in [6.45, 7) is 3.13. The number of nitrogens with one attached hydrogen (secondary N) is 1. The molecule has 1 saturated heterocycles. The second-order valence-electron chi connectivity index (χ2n) is 8.39. The van der Waals surface area contributed by atoms with Gasteiger partial charge in [0.25, 0.3) is 5.91 Å². The first-order valence-corrected chi connectivity index (χ1v) is 11.0. The number of amides is 2. The largest absolute Gasteiger partial charge is 0.359 e. The number of rotatable bonds is 5. The summed E-state index contributed by atoms with van der Waals surface area (Å²) in [6, 6.07) is 16.6. The van der Waals surface area contributed by atoms with E-state index in [2.05, 4.69) is 46.5 Å². The summed E-state index contributed by atoms with van der Waals surface area (Å²) >= 11 is 0. The molecule has 0 saturated carbocycles. The van der Waals surface area contributed by atoms with E-state index in [-0.39, 0.29) is 11.8 Å². The molecule has 4 rings (SSSR count). The van der Waals surface area contributed by atoms with Crippen molar-refractivity contribution in [3.63, 3.8) is 0 Å². The minimum absolute atomic E-state index is 0.0312. The normalized spacial score (nSPS) is 15.2. The van der Waals surface area contributed by atoms with E-state index in [9.17, 15) is 9.59 Å². The van der Waals surface area contributed by atoms with Gasteiger partial charge in [-0.2, -0.15) is 0 Å². The summed E-state index contributed by atoms with van der Waals surface area (Å²) in [5, 5.41) is 2.88. The van der Waals surface area contributed by atoms with Crippen molar-refractivity contribution in [2.24, 2.45) is 5.41 Å². The maximum atomic E-state index is 13.1. The van der Waals surface area contributed by atoms with Gasteiger partial charge in [0, 0.05) is 32.5 Å². The number of carbonyl (C=O) groups is 2. The van der Waals surface area contributed by atoms with Gasteiger partial charge in [-0.1, -0.05) is 48.5 Å². The minimum Gasteiger partial charge on any atom is -0.359 e. The van der Waals surface area contributed by atoms with Gasteiger partial charge >= 0.3 is 0 Å². The van der Waals surface area contributed by atoms with E-state index in [1.807, 2.05) is 24.3 Å². The van der Waals surface area contributed by atoms with Crippen molar-refractivity contribution in [1.29, 1.82) is 0 Å². The van der Waals surface area contributed by atoms with E-state index in [4.69, 9.17) is 0 Å². The quantitative estimate of drug-likeness (QED) is 0.673. The van der Waals surface area contributed by atoms with Crippen LogP contribution in [0.2, 0.25) is 0 Å². The predicted octanol–water partition coefficient (Wildman–Crippen LogP) is 3.66. The molecule has 0 unspecified atom stereocenters. The number of nitrogens with zero attached hydrogens (tertiary/aromatic N) is 3. The van der Waals surface area contributed by atoms with Gasteiger partial charge < -0.3 is 10.2 Å². The van der Waals surface area contributed by atoms with Crippen LogP contribution in [0.4, 0.5) is 0 Å². The molecule has 1 fully saturated rings. The third-order valence-corrected chi connectivity index (χ3v) is 6.48. The van der Waals surface area contributed by atoms with Crippen LogP contribution >= 0.6 is 0 Å². The fourth-order valence-electron chi connectivity index (χ4n) is 4.64. The summed E-state index contributed by atoms with van der Waals surface area (Å²) in [5.41, 5.74) is 4.48. The number of benzene rings is 2. The lowest BCUT2D eigenvalue weighted by Gasteiger charge is -2.40. The average Bonchev–Trinajstić information content (AvgIpc) is 2.85. The molecule has 1 aliphatic rings. The van der Waals surface area contributed by atoms with E-state index >= 15 is 0 Å². The summed E-state index contributed by atoms with van der Waals surface area (Å²) < 4.78 is 0. The van der Waals surface area contributed by atoms with Crippen LogP contribution < -0.4 is 5.32 Å². The Morgan fingerprint density at radius 3 is 2.34 bits per heavy atom. The highest BCUT2D eigenvalue weighted by Crippen LogP contribution is 2.39. The fourth-order valence-corrected chi connectivity index (χ4v) is 4.64. The number of hydrogen-bond donors (Lipinski definition) is 1. The van der Waals surface area contributed by atoms with Crippen LogP contribution in [0.5, 0.6) is 0 Å². The van der Waals surface area contributed by atoms with Crippen LogP contribution in [-0.2, 0) is 11.2 Å². The SMILES string of the molecule is CNC(=O)C1(Cc2ccccc2-c2ccccc2C)CCN(C(=O)c2cnccn2)CC1. The molecule has 0 bridgehead atoms. The number of aryl methyl sites for hydroxylation is 1. The van der Waals surface area contributed by atoms with Gasteiger partial charge in [-0.05, 0) is 48.4 Å². The first kappa shape index (κ1) is 21.7. The van der Waals surface area contributed by atoms with Crippen molar-refractivity contribution in [2.75, 3.05) is 20.1 Å². The monoisotopic (exact) mass is 428 g/mol. The van der Waals surface area contributed by atoms with E-state index in [1.165, 1.54) is 23.5 Å². The van der Waals surface area contributed by atoms with Gasteiger partial charge in [0.2, 0.25) is 5.91 Å². The molecule has 1 N–H and O–H groups in total. The Hall–Kier alpha value is -3.54. The lowest BCUT2D eigenvalue weighted by molar-refractivity contribution is -0.133. The zero-order valence-electron chi connectivity index (χ0n) is 18.5. The van der Waals surface area contributed by atoms with Crippen LogP contribution in [0.3, 0.4) is 0 Å². The minimum atomic E-state index is -0.563. The third kappa shape index (κ3) is 4.26. The molecule has 0 aliphatic carbocycles. The zero-order valence-corrected chi connectivity index (χ0v) is 18.5. The standard InChI is InChI=1S/C26H28N4O2/c1-19-7-3-5-9-21(19)22-10-6-4-8-20(22)17-26(25(32)27-2)11-15-30(16-12-26)24(31)23-18-28-13-14-29-23/h3-10,13-14,18H,11-12,15-17H2,1-2H3,(H,27,32). The van der Waals surface area contributed by atoms with Crippen LogP contribution in [0.1, 0.15) is 34.5 Å².